The van der Waals surface area contributed by atoms with E-state index in [4.69, 9.17) is 5.73 Å². The van der Waals surface area contributed by atoms with Gasteiger partial charge in [0.05, 0.1) is 22.3 Å². The van der Waals surface area contributed by atoms with Crippen LogP contribution in [0, 0.1) is 6.92 Å². The van der Waals surface area contributed by atoms with Gasteiger partial charge >= 0.3 is 0 Å². The van der Waals surface area contributed by atoms with Crippen molar-refractivity contribution in [2.45, 2.75) is 6.92 Å². The van der Waals surface area contributed by atoms with Crippen LogP contribution in [0.3, 0.4) is 0 Å². The summed E-state index contributed by atoms with van der Waals surface area (Å²) in [6, 6.07) is 7.91. The summed E-state index contributed by atoms with van der Waals surface area (Å²) in [7, 11) is 0. The zero-order valence-corrected chi connectivity index (χ0v) is 12.2. The van der Waals surface area contributed by atoms with Crippen molar-refractivity contribution in [2.75, 3.05) is 5.73 Å². The lowest BCUT2D eigenvalue weighted by Gasteiger charge is -2.11. The molecule has 0 radical (unpaired) electrons. The lowest BCUT2D eigenvalue weighted by molar-refractivity contribution is 0.806. The van der Waals surface area contributed by atoms with Crippen LogP contribution in [0.2, 0.25) is 0 Å². The summed E-state index contributed by atoms with van der Waals surface area (Å²) in [6.07, 6.45) is 5.74. The molecule has 6 heteroatoms. The number of rotatable bonds is 2. The van der Waals surface area contributed by atoms with Crippen molar-refractivity contribution in [3.05, 3.63) is 53.9 Å². The predicted octanol–water partition coefficient (Wildman–Crippen LogP) is 3.14. The maximum Gasteiger partial charge on any atom is 0.154 e. The summed E-state index contributed by atoms with van der Waals surface area (Å²) >= 11 is 1.60. The summed E-state index contributed by atoms with van der Waals surface area (Å²) in [5.74, 6) is 0. The summed E-state index contributed by atoms with van der Waals surface area (Å²) < 4.78 is 4.15. The Balaban J connectivity index is 2.02. The van der Waals surface area contributed by atoms with E-state index in [-0.39, 0.29) is 0 Å². The summed E-state index contributed by atoms with van der Waals surface area (Å²) in [6.45, 7) is 2.07. The minimum Gasteiger partial charge on any atom is -0.399 e. The summed E-state index contributed by atoms with van der Waals surface area (Å²) in [4.78, 5) is 9.70. The van der Waals surface area contributed by atoms with E-state index in [1.54, 1.807) is 11.3 Å². The van der Waals surface area contributed by atoms with Crippen LogP contribution in [0.4, 0.5) is 5.69 Å². The number of benzene rings is 1. The summed E-state index contributed by atoms with van der Waals surface area (Å²) in [5, 5.41) is 0. The van der Waals surface area contributed by atoms with Crippen molar-refractivity contribution < 1.29 is 0 Å². The number of anilines is 1. The van der Waals surface area contributed by atoms with Gasteiger partial charge in [-0.25, -0.2) is 9.50 Å². The van der Waals surface area contributed by atoms with Crippen LogP contribution in [0.25, 0.3) is 21.9 Å². The zero-order valence-electron chi connectivity index (χ0n) is 11.4. The molecule has 0 aliphatic heterocycles. The van der Waals surface area contributed by atoms with Gasteiger partial charge < -0.3 is 5.73 Å². The van der Waals surface area contributed by atoms with Crippen LogP contribution in [0.5, 0.6) is 0 Å². The topological polar surface area (TPSA) is 61.1 Å². The molecule has 5 nitrogen and oxygen atoms in total. The molecule has 0 saturated carbocycles. The lowest BCUT2D eigenvalue weighted by Crippen LogP contribution is -2.05. The molecular weight excluding hydrogens is 282 g/mol. The normalized spacial score (nSPS) is 11.3. The Hall–Kier alpha value is -2.60. The summed E-state index contributed by atoms with van der Waals surface area (Å²) in [5.41, 5.74) is 12.7. The molecule has 2 N–H and O–H groups in total. The zero-order chi connectivity index (χ0) is 14.4. The highest BCUT2D eigenvalue weighted by Crippen LogP contribution is 2.27. The number of hydrogen-bond acceptors (Lipinski definition) is 4. The molecule has 0 bridgehead atoms. The quantitative estimate of drug-likeness (QED) is 0.578. The number of imidazole rings is 1. The lowest BCUT2D eigenvalue weighted by atomic mass is 10.2. The van der Waals surface area contributed by atoms with E-state index in [1.807, 2.05) is 48.4 Å². The molecule has 0 aliphatic rings. The molecule has 21 heavy (non-hydrogen) atoms. The number of thiazole rings is 1. The smallest absolute Gasteiger partial charge is 0.154 e. The Morgan fingerprint density at radius 3 is 2.90 bits per heavy atom. The van der Waals surface area contributed by atoms with E-state index in [2.05, 4.69) is 26.1 Å². The van der Waals surface area contributed by atoms with Gasteiger partial charge in [0.15, 0.2) is 5.65 Å². The molecule has 0 atom stereocenters. The van der Waals surface area contributed by atoms with Gasteiger partial charge in [-0.15, -0.1) is 11.3 Å². The third-order valence-electron chi connectivity index (χ3n) is 3.51. The number of aryl methyl sites for hydroxylation is 1. The fourth-order valence-electron chi connectivity index (χ4n) is 2.48. The molecule has 0 saturated heterocycles. The SMILES string of the molecule is Cc1ccc(N)cc1-n1ccc2ncc(-c3cncs3)n21. The largest absolute Gasteiger partial charge is 0.399 e. The van der Waals surface area contributed by atoms with Crippen LogP contribution in [0.15, 0.2) is 48.4 Å². The Morgan fingerprint density at radius 1 is 1.19 bits per heavy atom. The van der Waals surface area contributed by atoms with Gasteiger partial charge in [0.25, 0.3) is 0 Å². The highest BCUT2D eigenvalue weighted by atomic mass is 32.1. The van der Waals surface area contributed by atoms with Gasteiger partial charge in [0.2, 0.25) is 0 Å². The van der Waals surface area contributed by atoms with Crippen LogP contribution < -0.4 is 5.73 Å². The number of nitrogen functional groups attached to an aromatic ring is 1. The van der Waals surface area contributed by atoms with Crippen LogP contribution in [-0.2, 0) is 0 Å². The minimum absolute atomic E-state index is 0.747. The van der Waals surface area contributed by atoms with E-state index >= 15 is 0 Å². The maximum absolute atomic E-state index is 5.94. The Labute approximate surface area is 125 Å². The molecule has 0 spiro atoms. The average Bonchev–Trinajstić information content (AvgIpc) is 3.16. The van der Waals surface area contributed by atoms with E-state index in [9.17, 15) is 0 Å². The van der Waals surface area contributed by atoms with Gasteiger partial charge in [0, 0.05) is 24.1 Å². The molecule has 0 fully saturated rings. The van der Waals surface area contributed by atoms with Gasteiger partial charge in [0.1, 0.15) is 5.69 Å². The molecule has 104 valence electrons. The van der Waals surface area contributed by atoms with Gasteiger partial charge in [-0.3, -0.25) is 9.67 Å². The molecule has 0 unspecified atom stereocenters. The van der Waals surface area contributed by atoms with Crippen LogP contribution >= 0.6 is 11.3 Å². The fourth-order valence-corrected chi connectivity index (χ4v) is 3.09. The monoisotopic (exact) mass is 295 g/mol. The Bertz CT molecular complexity index is 917. The maximum atomic E-state index is 5.94. The molecule has 0 amide bonds. The van der Waals surface area contributed by atoms with E-state index in [0.717, 1.165) is 33.2 Å². The van der Waals surface area contributed by atoms with Crippen molar-refractivity contribution in [2.24, 2.45) is 0 Å². The number of fused-ring (bicyclic) bond motifs is 1. The molecule has 1 aromatic carbocycles. The Kier molecular flexibility index (Phi) is 2.58. The molecular formula is C15H13N5S. The number of aromatic nitrogens is 4. The number of hydrogen-bond donors (Lipinski definition) is 1. The van der Waals surface area contributed by atoms with Crippen molar-refractivity contribution in [3.8, 4) is 16.3 Å². The molecule has 0 aliphatic carbocycles. The average molecular weight is 295 g/mol. The highest BCUT2D eigenvalue weighted by Gasteiger charge is 2.13. The van der Waals surface area contributed by atoms with Crippen molar-refractivity contribution in [1.82, 2.24) is 19.2 Å². The molecule has 4 aromatic rings. The highest BCUT2D eigenvalue weighted by molar-refractivity contribution is 7.13. The van der Waals surface area contributed by atoms with Crippen LogP contribution in [-0.4, -0.2) is 19.2 Å². The second kappa shape index (κ2) is 4.46. The molecule has 3 aromatic heterocycles. The minimum atomic E-state index is 0.747. The van der Waals surface area contributed by atoms with Crippen molar-refractivity contribution in [3.63, 3.8) is 0 Å². The van der Waals surface area contributed by atoms with Gasteiger partial charge in [-0.1, -0.05) is 6.07 Å². The first-order valence-electron chi connectivity index (χ1n) is 6.54. The van der Waals surface area contributed by atoms with E-state index in [1.165, 1.54) is 0 Å². The second-order valence-electron chi connectivity index (χ2n) is 4.89. The fraction of sp³-hybridized carbons (Fsp3) is 0.0667. The standard InChI is InChI=1S/C15H13N5S/c1-10-2-3-11(16)6-12(10)19-5-4-15-18-7-13(20(15)19)14-8-17-9-21-14/h2-9H,16H2,1H3. The number of nitrogens with two attached hydrogens (primary N) is 1. The van der Waals surface area contributed by atoms with Gasteiger partial charge in [-0.2, -0.15) is 0 Å². The number of nitrogens with zero attached hydrogens (tertiary/aromatic N) is 4. The van der Waals surface area contributed by atoms with Crippen molar-refractivity contribution in [1.29, 1.82) is 0 Å². The van der Waals surface area contributed by atoms with E-state index < -0.39 is 0 Å². The molecule has 3 heterocycles. The van der Waals surface area contributed by atoms with Gasteiger partial charge in [-0.05, 0) is 24.6 Å². The third-order valence-corrected chi connectivity index (χ3v) is 4.30. The van der Waals surface area contributed by atoms with E-state index in [0.29, 0.717) is 0 Å². The first-order valence-corrected chi connectivity index (χ1v) is 7.42. The third kappa shape index (κ3) is 1.84. The predicted molar refractivity (Wildman–Crippen MR) is 84.8 cm³/mol. The first-order chi connectivity index (χ1) is 10.2. The molecule has 4 rings (SSSR count). The Morgan fingerprint density at radius 2 is 2.10 bits per heavy atom. The first kappa shape index (κ1) is 12.2. The van der Waals surface area contributed by atoms with Crippen LogP contribution in [0.1, 0.15) is 5.56 Å². The van der Waals surface area contributed by atoms with Crippen molar-refractivity contribution >= 4 is 22.7 Å². The second-order valence-corrected chi connectivity index (χ2v) is 5.77.